The van der Waals surface area contributed by atoms with Crippen molar-refractivity contribution in [3.05, 3.63) is 0 Å². The number of hydrogen-bond donors (Lipinski definition) is 1. The Morgan fingerprint density at radius 2 is 1.94 bits per heavy atom. The molecule has 18 heavy (non-hydrogen) atoms. The summed E-state index contributed by atoms with van der Waals surface area (Å²) in [6.07, 6.45) is 8.01. The fourth-order valence-electron chi connectivity index (χ4n) is 2.72. The van der Waals surface area contributed by atoms with Gasteiger partial charge in [-0.15, -0.1) is 0 Å². The summed E-state index contributed by atoms with van der Waals surface area (Å²) in [5, 5.41) is 0. The highest BCUT2D eigenvalue weighted by molar-refractivity contribution is 7.90. The average molecular weight is 277 g/mol. The first-order chi connectivity index (χ1) is 8.41. The first-order valence-electron chi connectivity index (χ1n) is 6.92. The van der Waals surface area contributed by atoms with E-state index in [1.165, 1.54) is 19.1 Å². The third-order valence-electron chi connectivity index (χ3n) is 3.95. The van der Waals surface area contributed by atoms with Gasteiger partial charge >= 0.3 is 0 Å². The lowest BCUT2D eigenvalue weighted by Crippen LogP contribution is -2.44. The van der Waals surface area contributed by atoms with Crippen LogP contribution in [0.15, 0.2) is 0 Å². The minimum absolute atomic E-state index is 0.0904. The highest BCUT2D eigenvalue weighted by Crippen LogP contribution is 2.36. The quantitative estimate of drug-likeness (QED) is 0.769. The number of hydrogen-bond acceptors (Lipinski definition) is 4. The molecule has 4 nitrogen and oxygen atoms in total. The molecular weight excluding hydrogens is 250 g/mol. The maximum absolute atomic E-state index is 11.1. The largest absolute Gasteiger partial charge is 0.373 e. The summed E-state index contributed by atoms with van der Waals surface area (Å²) in [5.74, 6) is 0.890. The molecular formula is C13H27NO3S. The molecule has 0 atom stereocenters. The molecule has 1 aliphatic rings. The van der Waals surface area contributed by atoms with E-state index in [-0.39, 0.29) is 18.0 Å². The Morgan fingerprint density at radius 1 is 1.33 bits per heavy atom. The van der Waals surface area contributed by atoms with E-state index in [2.05, 4.69) is 6.92 Å². The van der Waals surface area contributed by atoms with Gasteiger partial charge < -0.3 is 10.5 Å². The number of rotatable bonds is 7. The minimum Gasteiger partial charge on any atom is -0.373 e. The molecule has 0 unspecified atom stereocenters. The Morgan fingerprint density at radius 3 is 2.39 bits per heavy atom. The third kappa shape index (κ3) is 5.24. The van der Waals surface area contributed by atoms with Crippen LogP contribution in [-0.2, 0) is 14.6 Å². The summed E-state index contributed by atoms with van der Waals surface area (Å²) in [7, 11) is -2.95. The van der Waals surface area contributed by atoms with E-state index in [1.807, 2.05) is 0 Å². The van der Waals surface area contributed by atoms with Crippen LogP contribution in [0.25, 0.3) is 0 Å². The lowest BCUT2D eigenvalue weighted by Gasteiger charge is -2.39. The van der Waals surface area contributed by atoms with E-state index in [9.17, 15) is 8.42 Å². The summed E-state index contributed by atoms with van der Waals surface area (Å²) in [6.45, 7) is 2.98. The third-order valence-corrected chi connectivity index (χ3v) is 4.86. The molecule has 1 aliphatic carbocycles. The van der Waals surface area contributed by atoms with E-state index in [4.69, 9.17) is 10.5 Å². The molecule has 1 rings (SSSR count). The summed E-state index contributed by atoms with van der Waals surface area (Å²) in [6, 6.07) is 0. The van der Waals surface area contributed by atoms with Crippen molar-refractivity contribution < 1.29 is 13.2 Å². The predicted octanol–water partition coefficient (Wildman–Crippen LogP) is 1.74. The molecule has 0 aliphatic heterocycles. The van der Waals surface area contributed by atoms with Gasteiger partial charge in [0.15, 0.2) is 0 Å². The van der Waals surface area contributed by atoms with Crippen molar-refractivity contribution in [2.75, 3.05) is 25.2 Å². The normalized spacial score (nSPS) is 29.4. The van der Waals surface area contributed by atoms with Crippen molar-refractivity contribution in [1.29, 1.82) is 0 Å². The molecule has 0 bridgehead atoms. The fourth-order valence-corrected chi connectivity index (χ4v) is 3.10. The SMILES string of the molecule is CCCC1CCC(CN)(OCCS(C)(=O)=O)CC1. The first-order valence-corrected chi connectivity index (χ1v) is 8.98. The molecule has 0 heterocycles. The Kier molecular flexibility index (Phi) is 6.08. The van der Waals surface area contributed by atoms with Crippen molar-refractivity contribution in [2.45, 2.75) is 51.0 Å². The number of ether oxygens (including phenoxy) is 1. The molecule has 0 amide bonds. The maximum atomic E-state index is 11.1. The van der Waals surface area contributed by atoms with E-state index >= 15 is 0 Å². The van der Waals surface area contributed by atoms with Gasteiger partial charge in [-0.1, -0.05) is 19.8 Å². The summed E-state index contributed by atoms with van der Waals surface area (Å²) < 4.78 is 28.0. The van der Waals surface area contributed by atoms with Gasteiger partial charge in [-0.3, -0.25) is 0 Å². The molecule has 1 fully saturated rings. The van der Waals surface area contributed by atoms with E-state index < -0.39 is 9.84 Å². The van der Waals surface area contributed by atoms with Gasteiger partial charge in [0.05, 0.1) is 18.0 Å². The van der Waals surface area contributed by atoms with Gasteiger partial charge in [-0.2, -0.15) is 0 Å². The minimum atomic E-state index is -2.95. The first kappa shape index (κ1) is 15.9. The molecule has 108 valence electrons. The molecule has 0 saturated heterocycles. The molecule has 0 aromatic heterocycles. The van der Waals surface area contributed by atoms with Gasteiger partial charge in [0.1, 0.15) is 9.84 Å². The maximum Gasteiger partial charge on any atom is 0.149 e. The van der Waals surface area contributed by atoms with Gasteiger partial charge in [0.2, 0.25) is 0 Å². The van der Waals surface area contributed by atoms with Crippen LogP contribution >= 0.6 is 0 Å². The molecule has 1 saturated carbocycles. The lowest BCUT2D eigenvalue weighted by molar-refractivity contribution is -0.0655. The van der Waals surface area contributed by atoms with E-state index in [1.54, 1.807) is 0 Å². The number of sulfone groups is 1. The zero-order valence-electron chi connectivity index (χ0n) is 11.7. The van der Waals surface area contributed by atoms with Crippen LogP contribution in [0.3, 0.4) is 0 Å². The van der Waals surface area contributed by atoms with Crippen LogP contribution in [0.1, 0.15) is 45.4 Å². The standard InChI is InChI=1S/C13H27NO3S/c1-3-4-12-5-7-13(11-14,8-6-12)17-9-10-18(2,15)16/h12H,3-11,14H2,1-2H3. The average Bonchev–Trinajstić information content (AvgIpc) is 2.30. The van der Waals surface area contributed by atoms with Gasteiger partial charge in [-0.25, -0.2) is 8.42 Å². The lowest BCUT2D eigenvalue weighted by atomic mass is 9.77. The summed E-state index contributed by atoms with van der Waals surface area (Å²) >= 11 is 0. The Labute approximate surface area is 111 Å². The predicted molar refractivity (Wildman–Crippen MR) is 74.3 cm³/mol. The van der Waals surface area contributed by atoms with Crippen molar-refractivity contribution in [3.8, 4) is 0 Å². The van der Waals surface area contributed by atoms with E-state index in [0.717, 1.165) is 31.6 Å². The van der Waals surface area contributed by atoms with Crippen molar-refractivity contribution in [3.63, 3.8) is 0 Å². The molecule has 0 aromatic rings. The molecule has 2 N–H and O–H groups in total. The topological polar surface area (TPSA) is 69.4 Å². The highest BCUT2D eigenvalue weighted by atomic mass is 32.2. The van der Waals surface area contributed by atoms with Crippen molar-refractivity contribution in [1.82, 2.24) is 0 Å². The molecule has 5 heteroatoms. The number of nitrogens with two attached hydrogens (primary N) is 1. The van der Waals surface area contributed by atoms with Crippen LogP contribution in [-0.4, -0.2) is 39.2 Å². The monoisotopic (exact) mass is 277 g/mol. The molecule has 0 radical (unpaired) electrons. The molecule has 0 spiro atoms. The Balaban J connectivity index is 2.41. The van der Waals surface area contributed by atoms with Crippen LogP contribution in [0.4, 0.5) is 0 Å². The van der Waals surface area contributed by atoms with E-state index in [0.29, 0.717) is 6.54 Å². The van der Waals surface area contributed by atoms with Gasteiger partial charge in [0, 0.05) is 12.8 Å². The van der Waals surface area contributed by atoms with Crippen molar-refractivity contribution in [2.24, 2.45) is 11.7 Å². The highest BCUT2D eigenvalue weighted by Gasteiger charge is 2.34. The van der Waals surface area contributed by atoms with Crippen molar-refractivity contribution >= 4 is 9.84 Å². The second-order valence-electron chi connectivity index (χ2n) is 5.60. The molecule has 0 aromatic carbocycles. The van der Waals surface area contributed by atoms with Crippen LogP contribution in [0.5, 0.6) is 0 Å². The smallest absolute Gasteiger partial charge is 0.149 e. The fraction of sp³-hybridized carbons (Fsp3) is 1.00. The zero-order valence-corrected chi connectivity index (χ0v) is 12.5. The second kappa shape index (κ2) is 6.87. The Bertz CT molecular complexity index is 332. The van der Waals surface area contributed by atoms with Crippen LogP contribution in [0.2, 0.25) is 0 Å². The summed E-state index contributed by atoms with van der Waals surface area (Å²) in [5.41, 5.74) is 5.56. The zero-order chi connectivity index (χ0) is 13.6. The van der Waals surface area contributed by atoms with Gasteiger partial charge in [-0.05, 0) is 31.6 Å². The second-order valence-corrected chi connectivity index (χ2v) is 7.86. The van der Waals surface area contributed by atoms with Gasteiger partial charge in [0.25, 0.3) is 0 Å². The summed E-state index contributed by atoms with van der Waals surface area (Å²) in [4.78, 5) is 0. The Hall–Kier alpha value is -0.130. The van der Waals surface area contributed by atoms with Crippen LogP contribution in [0, 0.1) is 5.92 Å². The van der Waals surface area contributed by atoms with Crippen LogP contribution < -0.4 is 5.73 Å².